The first-order valence-electron chi connectivity index (χ1n) is 9.71. The fourth-order valence-corrected chi connectivity index (χ4v) is 3.28. The quantitative estimate of drug-likeness (QED) is 0.568. The number of hydrogen-bond donors (Lipinski definition) is 0. The number of imidazole rings is 1. The highest BCUT2D eigenvalue weighted by molar-refractivity contribution is 5.71. The highest BCUT2D eigenvalue weighted by Gasteiger charge is 2.17. The van der Waals surface area contributed by atoms with E-state index in [9.17, 15) is 9.59 Å². The Morgan fingerprint density at radius 1 is 1.00 bits per heavy atom. The zero-order valence-corrected chi connectivity index (χ0v) is 17.9. The fourth-order valence-electron chi connectivity index (χ4n) is 3.28. The van der Waals surface area contributed by atoms with Gasteiger partial charge in [0, 0.05) is 27.6 Å². The first kappa shape index (κ1) is 20.7. The molecule has 8 heteroatoms. The van der Waals surface area contributed by atoms with Crippen molar-refractivity contribution in [2.24, 2.45) is 21.1 Å². The lowest BCUT2D eigenvalue weighted by Crippen LogP contribution is -2.37. The minimum absolute atomic E-state index is 0.303. The molecule has 0 atom stereocenters. The van der Waals surface area contributed by atoms with Crippen LogP contribution in [0.25, 0.3) is 11.2 Å². The van der Waals surface area contributed by atoms with Crippen LogP contribution in [0.2, 0.25) is 0 Å². The van der Waals surface area contributed by atoms with Gasteiger partial charge in [0.05, 0.1) is 13.2 Å². The normalized spacial score (nSPS) is 11.4. The molecule has 156 valence electrons. The Balaban J connectivity index is 1.67. The summed E-state index contributed by atoms with van der Waals surface area (Å²) in [6.07, 6.45) is 0.658. The number of aryl methyl sites for hydroxylation is 3. The fraction of sp³-hybridized carbons (Fsp3) is 0.476. The van der Waals surface area contributed by atoms with Gasteiger partial charge in [0.2, 0.25) is 0 Å². The number of hydrogen-bond acceptors (Lipinski definition) is 5. The van der Waals surface area contributed by atoms with Crippen molar-refractivity contribution in [3.63, 3.8) is 0 Å². The predicted octanol–water partition coefficient (Wildman–Crippen LogP) is 2.25. The average molecular weight is 400 g/mol. The van der Waals surface area contributed by atoms with Crippen LogP contribution >= 0.6 is 0 Å². The highest BCUT2D eigenvalue weighted by Crippen LogP contribution is 2.27. The van der Waals surface area contributed by atoms with Gasteiger partial charge in [-0.25, -0.2) is 4.79 Å². The molecule has 1 aromatic carbocycles. The summed E-state index contributed by atoms with van der Waals surface area (Å²) in [4.78, 5) is 28.8. The molecule has 0 saturated carbocycles. The lowest BCUT2D eigenvalue weighted by Gasteiger charge is -2.15. The molecule has 0 aliphatic rings. The van der Waals surface area contributed by atoms with E-state index in [2.05, 4.69) is 37.0 Å². The van der Waals surface area contributed by atoms with Crippen molar-refractivity contribution in [3.8, 4) is 11.8 Å². The van der Waals surface area contributed by atoms with Crippen LogP contribution in [0.5, 0.6) is 11.8 Å². The molecule has 0 saturated heterocycles. The van der Waals surface area contributed by atoms with Crippen molar-refractivity contribution < 1.29 is 9.47 Å². The van der Waals surface area contributed by atoms with Crippen molar-refractivity contribution in [1.29, 1.82) is 0 Å². The van der Waals surface area contributed by atoms with Crippen LogP contribution in [0.3, 0.4) is 0 Å². The summed E-state index contributed by atoms with van der Waals surface area (Å²) in [5, 5.41) is 0. The molecule has 0 radical (unpaired) electrons. The first-order chi connectivity index (χ1) is 13.7. The summed E-state index contributed by atoms with van der Waals surface area (Å²) >= 11 is 0. The first-order valence-corrected chi connectivity index (χ1v) is 9.71. The summed E-state index contributed by atoms with van der Waals surface area (Å²) in [6, 6.07) is 6.56. The van der Waals surface area contributed by atoms with E-state index >= 15 is 0 Å². The lowest BCUT2D eigenvalue weighted by atomic mass is 10.0. The molecular weight excluding hydrogens is 372 g/mol. The van der Waals surface area contributed by atoms with E-state index in [0.717, 1.165) is 15.9 Å². The molecule has 0 fully saturated rings. The van der Waals surface area contributed by atoms with Gasteiger partial charge < -0.3 is 9.47 Å². The van der Waals surface area contributed by atoms with Crippen molar-refractivity contribution in [1.82, 2.24) is 18.7 Å². The Kier molecular flexibility index (Phi) is 5.81. The lowest BCUT2D eigenvalue weighted by molar-refractivity contribution is 0.231. The van der Waals surface area contributed by atoms with E-state index in [1.165, 1.54) is 17.2 Å². The second-order valence-corrected chi connectivity index (χ2v) is 7.58. The highest BCUT2D eigenvalue weighted by atomic mass is 16.5. The minimum atomic E-state index is -0.417. The van der Waals surface area contributed by atoms with Crippen LogP contribution in [0, 0.1) is 6.92 Å². The maximum absolute atomic E-state index is 12.4. The number of ether oxygens (including phenoxy) is 2. The van der Waals surface area contributed by atoms with E-state index in [-0.39, 0.29) is 0 Å². The van der Waals surface area contributed by atoms with Gasteiger partial charge in [-0.15, -0.1) is 0 Å². The van der Waals surface area contributed by atoms with Crippen molar-refractivity contribution in [2.75, 3.05) is 13.2 Å². The van der Waals surface area contributed by atoms with Gasteiger partial charge in [-0.05, 0) is 30.0 Å². The Labute approximate surface area is 169 Å². The zero-order valence-electron chi connectivity index (χ0n) is 17.9. The van der Waals surface area contributed by atoms with E-state index in [1.54, 1.807) is 18.7 Å². The molecule has 29 heavy (non-hydrogen) atoms. The largest absolute Gasteiger partial charge is 0.493 e. The molecule has 3 aromatic rings. The molecule has 2 aromatic heterocycles. The molecule has 0 unspecified atom stereocenters. The van der Waals surface area contributed by atoms with Gasteiger partial charge in [0.15, 0.2) is 11.2 Å². The third-order valence-corrected chi connectivity index (χ3v) is 5.00. The SMILES string of the molecule is Cc1ccc(C(C)C)c(OCCCOc2nc3c(c(=O)n(C)c(=O)n3C)n2C)c1. The van der Waals surface area contributed by atoms with E-state index in [1.807, 2.05) is 6.92 Å². The number of nitrogens with zero attached hydrogens (tertiary/aromatic N) is 4. The molecule has 2 heterocycles. The number of rotatable bonds is 7. The molecule has 8 nitrogen and oxygen atoms in total. The maximum atomic E-state index is 12.4. The average Bonchev–Trinajstić information content (AvgIpc) is 3.01. The van der Waals surface area contributed by atoms with Gasteiger partial charge in [-0.1, -0.05) is 26.0 Å². The van der Waals surface area contributed by atoms with Crippen LogP contribution in [-0.4, -0.2) is 31.9 Å². The van der Waals surface area contributed by atoms with Crippen molar-refractivity contribution in [3.05, 3.63) is 50.2 Å². The molecule has 0 aliphatic heterocycles. The summed E-state index contributed by atoms with van der Waals surface area (Å²) in [5.41, 5.74) is 2.18. The predicted molar refractivity (Wildman–Crippen MR) is 112 cm³/mol. The smallest absolute Gasteiger partial charge is 0.332 e. The molecule has 0 aliphatic carbocycles. The summed E-state index contributed by atoms with van der Waals surface area (Å²) in [7, 11) is 4.74. The number of aromatic nitrogens is 4. The Morgan fingerprint density at radius 2 is 1.69 bits per heavy atom. The maximum Gasteiger partial charge on any atom is 0.332 e. The topological polar surface area (TPSA) is 80.3 Å². The summed E-state index contributed by atoms with van der Waals surface area (Å²) in [5.74, 6) is 1.29. The van der Waals surface area contributed by atoms with Crippen LogP contribution < -0.4 is 20.7 Å². The Morgan fingerprint density at radius 3 is 2.38 bits per heavy atom. The monoisotopic (exact) mass is 400 g/mol. The molecular formula is C21H28N4O4. The molecule has 0 N–H and O–H groups in total. The second kappa shape index (κ2) is 8.14. The standard InChI is InChI=1S/C21H28N4O4/c1-13(2)15-9-8-14(3)12-16(15)28-10-7-11-29-20-22-18-17(23(20)4)19(26)25(6)21(27)24(18)5/h8-9,12-13H,7,10-11H2,1-6H3. The Bertz CT molecular complexity index is 1150. The number of fused-ring (bicyclic) bond motifs is 1. The van der Waals surface area contributed by atoms with Gasteiger partial charge in [-0.2, -0.15) is 4.98 Å². The van der Waals surface area contributed by atoms with Gasteiger partial charge in [0.25, 0.3) is 11.6 Å². The zero-order chi connectivity index (χ0) is 21.3. The van der Waals surface area contributed by atoms with Crippen LogP contribution in [0.15, 0.2) is 27.8 Å². The van der Waals surface area contributed by atoms with Crippen molar-refractivity contribution in [2.45, 2.75) is 33.1 Å². The van der Waals surface area contributed by atoms with Gasteiger partial charge in [0.1, 0.15) is 5.75 Å². The molecule has 0 amide bonds. The third-order valence-electron chi connectivity index (χ3n) is 5.00. The Hall–Kier alpha value is -3.03. The molecule has 3 rings (SSSR count). The van der Waals surface area contributed by atoms with E-state index in [4.69, 9.17) is 9.47 Å². The number of benzene rings is 1. The minimum Gasteiger partial charge on any atom is -0.493 e. The van der Waals surface area contributed by atoms with Crippen molar-refractivity contribution >= 4 is 11.2 Å². The van der Waals surface area contributed by atoms with Crippen LogP contribution in [-0.2, 0) is 21.1 Å². The second-order valence-electron chi connectivity index (χ2n) is 7.58. The molecule has 0 spiro atoms. The van der Waals surface area contributed by atoms with Crippen LogP contribution in [0.1, 0.15) is 37.3 Å². The van der Waals surface area contributed by atoms with Gasteiger partial charge in [-0.3, -0.25) is 18.5 Å². The third kappa shape index (κ3) is 3.92. The van der Waals surface area contributed by atoms with E-state index < -0.39 is 11.2 Å². The summed E-state index contributed by atoms with van der Waals surface area (Å²) in [6.45, 7) is 7.22. The van der Waals surface area contributed by atoms with Gasteiger partial charge >= 0.3 is 5.69 Å². The summed E-state index contributed by atoms with van der Waals surface area (Å²) < 4.78 is 15.7. The van der Waals surface area contributed by atoms with Crippen LogP contribution in [0.4, 0.5) is 0 Å². The molecule has 0 bridgehead atoms. The van der Waals surface area contributed by atoms with E-state index in [0.29, 0.717) is 42.7 Å².